The first-order valence-electron chi connectivity index (χ1n) is 12.4. The van der Waals surface area contributed by atoms with Crippen LogP contribution in [-0.4, -0.2) is 9.52 Å². The van der Waals surface area contributed by atoms with Crippen molar-refractivity contribution in [2.45, 2.75) is 39.8 Å². The third kappa shape index (κ3) is 8.08. The number of aryl methyl sites for hydroxylation is 2. The maximum absolute atomic E-state index is 4.93. The number of hydrogen-bond acceptors (Lipinski definition) is 0. The standard InChI is InChI=1S/C18H17.C13H9.C2H6Si.2ClH.Zr/c1-3-14-11-16-5-4-6-17(18(16)12-14)15-9-7-13(2)8-10-15;1-3-7-12-10(5-1)9-11-6-2-4-8-13(11)12;1-3-2;;;/h4-12H,3H2,1-2H3;1-5,7-8H,9H2;1-2H3;2*1H;/q2*-1;;;;+4/p-2. The van der Waals surface area contributed by atoms with E-state index in [4.69, 9.17) is 17.0 Å². The monoisotopic (exact) mass is 616 g/mol. The molecule has 0 bridgehead atoms. The molecule has 0 heterocycles. The molecule has 186 valence electrons. The Morgan fingerprint density at radius 3 is 2.22 bits per heavy atom. The second-order valence-corrected chi connectivity index (χ2v) is 13.6. The van der Waals surface area contributed by atoms with Gasteiger partial charge in [0.2, 0.25) is 0 Å². The molecule has 0 fully saturated rings. The number of hydrogen-bond donors (Lipinski definition) is 0. The van der Waals surface area contributed by atoms with Crippen molar-refractivity contribution in [3.63, 3.8) is 0 Å². The maximum Gasteiger partial charge on any atom is -0.0253 e. The molecular formula is C33H32Cl2SiZr. The molecule has 5 aromatic rings. The number of rotatable bonds is 2. The summed E-state index contributed by atoms with van der Waals surface area (Å²) in [7, 11) is 11.0. The van der Waals surface area contributed by atoms with Gasteiger partial charge in [0.1, 0.15) is 0 Å². The summed E-state index contributed by atoms with van der Waals surface area (Å²) in [4.78, 5) is 0. The minimum atomic E-state index is -0.826. The molecule has 0 spiro atoms. The van der Waals surface area contributed by atoms with E-state index in [2.05, 4.69) is 124 Å². The van der Waals surface area contributed by atoms with Gasteiger partial charge in [-0.3, -0.25) is 0 Å². The van der Waals surface area contributed by atoms with Gasteiger partial charge in [-0.15, -0.1) is 40.1 Å². The average Bonchev–Trinajstić information content (AvgIpc) is 3.52. The SMILES string of the molecule is CCc1cc2c(-c3ccc(C)cc3)cccc2[cH-]1.C[Si]C.[Cl][Zr+2][Cl].[c-]1cccc2c1Cc1ccccc1-2. The minimum absolute atomic E-state index is 0.826. The predicted molar refractivity (Wildman–Crippen MR) is 162 cm³/mol. The van der Waals surface area contributed by atoms with Crippen LogP contribution < -0.4 is 0 Å². The fourth-order valence-electron chi connectivity index (χ4n) is 4.48. The number of fused-ring (bicyclic) bond motifs is 4. The molecule has 0 aliphatic heterocycles. The Kier molecular flexibility index (Phi) is 12.5. The van der Waals surface area contributed by atoms with Crippen molar-refractivity contribution in [1.82, 2.24) is 0 Å². The van der Waals surface area contributed by atoms with E-state index in [0.29, 0.717) is 0 Å². The first-order valence-corrected chi connectivity index (χ1v) is 20.8. The van der Waals surface area contributed by atoms with Crippen LogP contribution in [0.15, 0.2) is 97.1 Å². The Labute approximate surface area is 243 Å². The second kappa shape index (κ2) is 15.6. The fourth-order valence-corrected chi connectivity index (χ4v) is 4.48. The predicted octanol–water partition coefficient (Wildman–Crippen LogP) is 10.3. The van der Waals surface area contributed by atoms with Gasteiger partial charge in [-0.25, -0.2) is 0 Å². The van der Waals surface area contributed by atoms with Gasteiger partial charge < -0.3 is 0 Å². The normalized spacial score (nSPS) is 10.4. The van der Waals surface area contributed by atoms with Crippen molar-refractivity contribution in [3.8, 4) is 22.3 Å². The van der Waals surface area contributed by atoms with Gasteiger partial charge in [0.25, 0.3) is 0 Å². The molecule has 0 saturated carbocycles. The quantitative estimate of drug-likeness (QED) is 0.134. The van der Waals surface area contributed by atoms with Gasteiger partial charge in [0, 0.05) is 9.52 Å². The maximum atomic E-state index is 4.93. The van der Waals surface area contributed by atoms with Crippen LogP contribution in [-0.2, 0) is 33.7 Å². The van der Waals surface area contributed by atoms with E-state index in [0.717, 1.165) is 22.4 Å². The summed E-state index contributed by atoms with van der Waals surface area (Å²) in [6.45, 7) is 8.64. The molecule has 0 aromatic heterocycles. The molecule has 0 saturated heterocycles. The van der Waals surface area contributed by atoms with E-state index < -0.39 is 20.8 Å². The van der Waals surface area contributed by atoms with Crippen LogP contribution in [0.2, 0.25) is 13.1 Å². The summed E-state index contributed by atoms with van der Waals surface area (Å²) in [5, 5.41) is 2.73. The van der Waals surface area contributed by atoms with Crippen molar-refractivity contribution in [1.29, 1.82) is 0 Å². The van der Waals surface area contributed by atoms with Gasteiger partial charge in [-0.2, -0.15) is 35.9 Å². The van der Waals surface area contributed by atoms with Crippen molar-refractivity contribution >= 4 is 37.3 Å². The fraction of sp³-hybridized carbons (Fsp3) is 0.182. The van der Waals surface area contributed by atoms with Crippen LogP contribution in [0.25, 0.3) is 33.0 Å². The Balaban J connectivity index is 0.000000175. The zero-order valence-corrected chi connectivity index (χ0v) is 26.9. The van der Waals surface area contributed by atoms with Gasteiger partial charge in [0.05, 0.1) is 0 Å². The Morgan fingerprint density at radius 1 is 0.865 bits per heavy atom. The van der Waals surface area contributed by atoms with Gasteiger partial charge >= 0.3 is 37.9 Å². The molecule has 0 amide bonds. The van der Waals surface area contributed by atoms with E-state index in [-0.39, 0.29) is 0 Å². The van der Waals surface area contributed by atoms with E-state index in [1.807, 2.05) is 6.07 Å². The van der Waals surface area contributed by atoms with Crippen LogP contribution in [0.4, 0.5) is 0 Å². The van der Waals surface area contributed by atoms with E-state index in [1.54, 1.807) is 0 Å². The number of halogens is 2. The third-order valence-electron chi connectivity index (χ3n) is 6.20. The first kappa shape index (κ1) is 29.7. The summed E-state index contributed by atoms with van der Waals surface area (Å²) >= 11 is -0.826. The summed E-state index contributed by atoms with van der Waals surface area (Å²) in [5.74, 6) is 0. The molecule has 6 rings (SSSR count). The molecule has 5 aromatic carbocycles. The van der Waals surface area contributed by atoms with Crippen molar-refractivity contribution in [3.05, 3.63) is 125 Å². The van der Waals surface area contributed by atoms with Crippen molar-refractivity contribution in [2.75, 3.05) is 0 Å². The Morgan fingerprint density at radius 2 is 1.51 bits per heavy atom. The van der Waals surface area contributed by atoms with Crippen LogP contribution in [0.5, 0.6) is 0 Å². The first-order chi connectivity index (χ1) is 18.1. The largest absolute Gasteiger partial charge is 0.179 e. The molecule has 4 heteroatoms. The molecule has 0 unspecified atom stereocenters. The average molecular weight is 619 g/mol. The molecule has 1 aliphatic rings. The summed E-state index contributed by atoms with van der Waals surface area (Å²) in [6, 6.07) is 38.1. The number of benzene rings is 4. The Hall–Kier alpha value is -1.83. The summed E-state index contributed by atoms with van der Waals surface area (Å²) in [6.07, 6.45) is 2.15. The van der Waals surface area contributed by atoms with Gasteiger partial charge in [-0.1, -0.05) is 96.9 Å². The molecule has 0 atom stereocenters. The molecule has 2 radical (unpaired) electrons. The van der Waals surface area contributed by atoms with Crippen LogP contribution >= 0.6 is 17.0 Å². The zero-order valence-electron chi connectivity index (χ0n) is 21.9. The van der Waals surface area contributed by atoms with Crippen molar-refractivity contribution in [2.24, 2.45) is 0 Å². The van der Waals surface area contributed by atoms with Crippen LogP contribution in [0, 0.1) is 13.0 Å². The smallest absolute Gasteiger partial charge is 0.0253 e. The van der Waals surface area contributed by atoms with Crippen molar-refractivity contribution < 1.29 is 20.8 Å². The van der Waals surface area contributed by atoms with Gasteiger partial charge in [0.15, 0.2) is 0 Å². The molecular weight excluding hydrogens is 587 g/mol. The third-order valence-corrected chi connectivity index (χ3v) is 6.20. The molecule has 0 nitrogen and oxygen atoms in total. The van der Waals surface area contributed by atoms with Crippen LogP contribution in [0.1, 0.15) is 29.2 Å². The Bertz CT molecular complexity index is 1340. The van der Waals surface area contributed by atoms with E-state index in [9.17, 15) is 0 Å². The van der Waals surface area contributed by atoms with Crippen LogP contribution in [0.3, 0.4) is 0 Å². The summed E-state index contributed by atoms with van der Waals surface area (Å²) in [5.41, 5.74) is 10.9. The summed E-state index contributed by atoms with van der Waals surface area (Å²) < 4.78 is 0. The van der Waals surface area contributed by atoms with E-state index in [1.165, 1.54) is 55.3 Å². The second-order valence-electron chi connectivity index (χ2n) is 8.86. The van der Waals surface area contributed by atoms with E-state index >= 15 is 0 Å². The molecule has 1 aliphatic carbocycles. The molecule has 37 heavy (non-hydrogen) atoms. The zero-order chi connectivity index (χ0) is 26.6. The molecule has 0 N–H and O–H groups in total. The van der Waals surface area contributed by atoms with Gasteiger partial charge in [-0.05, 0) is 25.3 Å². The minimum Gasteiger partial charge on any atom is -0.179 e. The topological polar surface area (TPSA) is 0 Å².